The van der Waals surface area contributed by atoms with Crippen LogP contribution in [0.5, 0.6) is 0 Å². The molecule has 3 N–H and O–H groups in total. The van der Waals surface area contributed by atoms with Crippen LogP contribution in [0.1, 0.15) is 24.0 Å². The lowest BCUT2D eigenvalue weighted by molar-refractivity contribution is 0.518. The summed E-state index contributed by atoms with van der Waals surface area (Å²) >= 11 is 0. The fourth-order valence-electron chi connectivity index (χ4n) is 2.06. The second kappa shape index (κ2) is 7.04. The van der Waals surface area contributed by atoms with E-state index in [1.165, 1.54) is 0 Å². The first-order chi connectivity index (χ1) is 9.04. The van der Waals surface area contributed by atoms with Crippen molar-refractivity contribution in [3.8, 4) is 6.07 Å². The van der Waals surface area contributed by atoms with E-state index in [0.29, 0.717) is 23.6 Å². The quantitative estimate of drug-likeness (QED) is 0.822. The van der Waals surface area contributed by atoms with E-state index in [-0.39, 0.29) is 24.2 Å². The smallest absolute Gasteiger partial charge is 0.216 e. The predicted octanol–water partition coefficient (Wildman–Crippen LogP) is 1.14. The number of sulfonamides is 1. The Morgan fingerprint density at radius 3 is 2.70 bits per heavy atom. The van der Waals surface area contributed by atoms with E-state index < -0.39 is 10.0 Å². The van der Waals surface area contributed by atoms with Crippen LogP contribution >= 0.6 is 12.4 Å². The van der Waals surface area contributed by atoms with Gasteiger partial charge in [0.1, 0.15) is 0 Å². The summed E-state index contributed by atoms with van der Waals surface area (Å²) in [5.74, 6) is 0.261. The molecule has 20 heavy (non-hydrogen) atoms. The van der Waals surface area contributed by atoms with Gasteiger partial charge < -0.3 is 5.73 Å². The number of benzene rings is 1. The number of rotatable bonds is 6. The summed E-state index contributed by atoms with van der Waals surface area (Å²) in [6, 6.07) is 8.46. The lowest BCUT2D eigenvalue weighted by atomic mass is 10.2. The van der Waals surface area contributed by atoms with Crippen LogP contribution in [0, 0.1) is 17.2 Å². The van der Waals surface area contributed by atoms with Crippen LogP contribution in [0.4, 0.5) is 0 Å². The van der Waals surface area contributed by atoms with Gasteiger partial charge in [-0.05, 0) is 36.5 Å². The Bertz CT molecular complexity index is 594. The van der Waals surface area contributed by atoms with Crippen molar-refractivity contribution < 1.29 is 8.42 Å². The molecule has 0 bridgehead atoms. The molecule has 1 saturated carbocycles. The van der Waals surface area contributed by atoms with E-state index in [0.717, 1.165) is 12.8 Å². The van der Waals surface area contributed by atoms with Crippen LogP contribution in [0.15, 0.2) is 24.3 Å². The minimum absolute atomic E-state index is 0. The Morgan fingerprint density at radius 2 is 2.15 bits per heavy atom. The third-order valence-corrected chi connectivity index (χ3v) is 4.56. The molecule has 0 heterocycles. The van der Waals surface area contributed by atoms with Crippen molar-refractivity contribution in [3.63, 3.8) is 0 Å². The van der Waals surface area contributed by atoms with Crippen LogP contribution < -0.4 is 10.5 Å². The van der Waals surface area contributed by atoms with Crippen LogP contribution in [0.2, 0.25) is 0 Å². The Kier molecular flexibility index (Phi) is 5.96. The summed E-state index contributed by atoms with van der Waals surface area (Å²) in [6.07, 6.45) is 2.07. The van der Waals surface area contributed by atoms with Gasteiger partial charge in [0, 0.05) is 12.6 Å². The molecular formula is C13H18ClN3O2S. The van der Waals surface area contributed by atoms with Gasteiger partial charge in [-0.15, -0.1) is 12.4 Å². The zero-order valence-corrected chi connectivity index (χ0v) is 12.6. The summed E-state index contributed by atoms with van der Waals surface area (Å²) in [4.78, 5) is 0. The van der Waals surface area contributed by atoms with Crippen LogP contribution in [0.3, 0.4) is 0 Å². The number of halogens is 1. The highest BCUT2D eigenvalue weighted by atomic mass is 35.5. The highest BCUT2D eigenvalue weighted by molar-refractivity contribution is 7.88. The van der Waals surface area contributed by atoms with Crippen molar-refractivity contribution in [1.82, 2.24) is 4.72 Å². The normalized spacial score (nSPS) is 16.0. The van der Waals surface area contributed by atoms with Crippen molar-refractivity contribution in [2.75, 3.05) is 6.54 Å². The predicted molar refractivity (Wildman–Crippen MR) is 79.7 cm³/mol. The number of nitriles is 1. The number of hydrogen-bond acceptors (Lipinski definition) is 4. The van der Waals surface area contributed by atoms with Gasteiger partial charge in [0.05, 0.1) is 17.4 Å². The van der Waals surface area contributed by atoms with Crippen molar-refractivity contribution in [1.29, 1.82) is 5.26 Å². The van der Waals surface area contributed by atoms with E-state index >= 15 is 0 Å². The lowest BCUT2D eigenvalue weighted by Gasteiger charge is -2.16. The molecule has 0 saturated heterocycles. The van der Waals surface area contributed by atoms with Gasteiger partial charge in [0.15, 0.2) is 0 Å². The molecule has 1 atom stereocenters. The average molecular weight is 316 g/mol. The largest absolute Gasteiger partial charge is 0.329 e. The maximum Gasteiger partial charge on any atom is 0.216 e. The molecule has 1 aliphatic rings. The second-order valence-corrected chi connectivity index (χ2v) is 6.62. The highest BCUT2D eigenvalue weighted by Gasteiger charge is 2.32. The second-order valence-electron chi connectivity index (χ2n) is 4.87. The molecule has 110 valence electrons. The van der Waals surface area contributed by atoms with E-state index in [2.05, 4.69) is 4.72 Å². The molecule has 1 aliphatic carbocycles. The summed E-state index contributed by atoms with van der Waals surface area (Å²) in [7, 11) is -3.42. The van der Waals surface area contributed by atoms with Gasteiger partial charge in [-0.1, -0.05) is 12.1 Å². The number of nitrogens with two attached hydrogens (primary N) is 1. The third kappa shape index (κ3) is 4.76. The van der Waals surface area contributed by atoms with E-state index in [9.17, 15) is 8.42 Å². The zero-order chi connectivity index (χ0) is 13.9. The summed E-state index contributed by atoms with van der Waals surface area (Å²) in [5.41, 5.74) is 6.66. The molecule has 5 nitrogen and oxygen atoms in total. The van der Waals surface area contributed by atoms with E-state index in [1.807, 2.05) is 6.07 Å². The third-order valence-electron chi connectivity index (χ3n) is 3.19. The van der Waals surface area contributed by atoms with Gasteiger partial charge in [-0.2, -0.15) is 5.26 Å². The Balaban J connectivity index is 0.00000200. The van der Waals surface area contributed by atoms with Crippen molar-refractivity contribution >= 4 is 22.4 Å². The SMILES string of the molecule is Cl.N#Cc1cccc(CS(=O)(=O)NC(CN)C2CC2)c1. The van der Waals surface area contributed by atoms with Gasteiger partial charge >= 0.3 is 0 Å². The standard InChI is InChI=1S/C13H17N3O2S.ClH/c14-7-10-2-1-3-11(6-10)9-19(17,18)16-13(8-15)12-4-5-12;/h1-3,6,12-13,16H,4-5,8-9,15H2;1H. The molecule has 1 aromatic carbocycles. The lowest BCUT2D eigenvalue weighted by Crippen LogP contribution is -2.42. The molecule has 1 fully saturated rings. The fraction of sp³-hybridized carbons (Fsp3) is 0.462. The maximum absolute atomic E-state index is 12.1. The minimum atomic E-state index is -3.42. The van der Waals surface area contributed by atoms with Gasteiger partial charge in [0.2, 0.25) is 10.0 Å². The Hall–Kier alpha value is -1.13. The molecule has 0 spiro atoms. The summed E-state index contributed by atoms with van der Waals surface area (Å²) in [6.45, 7) is 0.322. The molecule has 1 unspecified atom stereocenters. The summed E-state index contributed by atoms with van der Waals surface area (Å²) < 4.78 is 26.8. The first kappa shape index (κ1) is 16.9. The number of hydrogen-bond donors (Lipinski definition) is 2. The first-order valence-corrected chi connectivity index (χ1v) is 7.88. The molecule has 2 rings (SSSR count). The molecule has 0 radical (unpaired) electrons. The molecule has 1 aromatic rings. The summed E-state index contributed by atoms with van der Waals surface area (Å²) in [5, 5.41) is 8.79. The van der Waals surface area contributed by atoms with Crippen molar-refractivity contribution in [2.24, 2.45) is 11.7 Å². The van der Waals surface area contributed by atoms with Crippen LogP contribution in [-0.2, 0) is 15.8 Å². The van der Waals surface area contributed by atoms with E-state index in [1.54, 1.807) is 24.3 Å². The molecule has 7 heteroatoms. The van der Waals surface area contributed by atoms with Crippen molar-refractivity contribution in [2.45, 2.75) is 24.6 Å². The molecule has 0 aliphatic heterocycles. The van der Waals surface area contributed by atoms with Crippen molar-refractivity contribution in [3.05, 3.63) is 35.4 Å². The number of nitrogens with one attached hydrogen (secondary N) is 1. The Labute approximate surface area is 125 Å². The molecule has 0 aromatic heterocycles. The van der Waals surface area contributed by atoms with Crippen LogP contribution in [0.25, 0.3) is 0 Å². The van der Waals surface area contributed by atoms with Gasteiger partial charge in [-0.25, -0.2) is 13.1 Å². The van der Waals surface area contributed by atoms with Crippen LogP contribution in [-0.4, -0.2) is 21.0 Å². The average Bonchev–Trinajstić information content (AvgIpc) is 3.20. The highest BCUT2D eigenvalue weighted by Crippen LogP contribution is 2.32. The van der Waals surface area contributed by atoms with Gasteiger partial charge in [-0.3, -0.25) is 0 Å². The molecular weight excluding hydrogens is 298 g/mol. The Morgan fingerprint density at radius 1 is 1.45 bits per heavy atom. The monoisotopic (exact) mass is 315 g/mol. The maximum atomic E-state index is 12.1. The minimum Gasteiger partial charge on any atom is -0.329 e. The molecule has 0 amide bonds. The zero-order valence-electron chi connectivity index (χ0n) is 11.0. The van der Waals surface area contributed by atoms with E-state index in [4.69, 9.17) is 11.0 Å². The first-order valence-electron chi connectivity index (χ1n) is 6.23. The topological polar surface area (TPSA) is 96.0 Å². The number of nitrogens with zero attached hydrogens (tertiary/aromatic N) is 1. The fourth-order valence-corrected chi connectivity index (χ4v) is 3.51. The van der Waals surface area contributed by atoms with Gasteiger partial charge in [0.25, 0.3) is 0 Å².